The number of rotatable bonds is 15. The van der Waals surface area contributed by atoms with Crippen LogP contribution in [0.2, 0.25) is 5.04 Å². The number of carbonyl (C=O) groups is 1. The molecule has 10 heteroatoms. The van der Waals surface area contributed by atoms with Gasteiger partial charge in [0, 0.05) is 23.0 Å². The molecule has 4 aromatic carbocycles. The molecule has 0 fully saturated rings. The number of benzene rings is 4. The molecule has 1 heterocycles. The molecule has 1 N–H and O–H groups in total. The summed E-state index contributed by atoms with van der Waals surface area (Å²) in [6.07, 6.45) is 1.40. The Morgan fingerprint density at radius 3 is 2.11 bits per heavy atom. The van der Waals surface area contributed by atoms with Crippen molar-refractivity contribution in [3.05, 3.63) is 137 Å². The highest BCUT2D eigenvalue weighted by Crippen LogP contribution is 2.42. The fourth-order valence-corrected chi connectivity index (χ4v) is 13.7. The molecule has 1 aliphatic rings. The number of halogens is 1. The van der Waals surface area contributed by atoms with E-state index in [4.69, 9.17) is 18.7 Å². The fraction of sp³-hybridized carbons (Fsp3) is 0.333. The summed E-state index contributed by atoms with van der Waals surface area (Å²) in [6, 6.07) is 34.9. The van der Waals surface area contributed by atoms with Crippen LogP contribution in [0, 0.1) is 5.82 Å². The maximum atomic E-state index is 14.2. The third-order valence-electron chi connectivity index (χ3n) is 10.4. The van der Waals surface area contributed by atoms with Gasteiger partial charge in [0.25, 0.3) is 8.32 Å². The summed E-state index contributed by atoms with van der Waals surface area (Å²) in [5.74, 6) is -1.30. The number of aryl methyl sites for hydroxylation is 1. The van der Waals surface area contributed by atoms with Crippen molar-refractivity contribution < 1.29 is 32.5 Å². The second-order valence-electron chi connectivity index (χ2n) is 15.5. The Morgan fingerprint density at radius 2 is 1.51 bits per heavy atom. The average Bonchev–Trinajstić information content (AvgIpc) is 3.34. The lowest BCUT2D eigenvalue weighted by Crippen LogP contribution is -2.68. The first-order valence-corrected chi connectivity index (χ1v) is 22.5. The molecule has 0 aliphatic heterocycles. The van der Waals surface area contributed by atoms with E-state index in [2.05, 4.69) is 52.8 Å². The number of ether oxygens (including phenoxy) is 1. The van der Waals surface area contributed by atoms with E-state index in [-0.39, 0.29) is 37.7 Å². The van der Waals surface area contributed by atoms with Crippen LogP contribution in [0.25, 0.3) is 22.4 Å². The largest absolute Gasteiger partial charge is 0.481 e. The highest BCUT2D eigenvalue weighted by atomic mass is 31.1. The van der Waals surface area contributed by atoms with Crippen LogP contribution in [0.15, 0.2) is 109 Å². The maximum absolute atomic E-state index is 14.2. The van der Waals surface area contributed by atoms with E-state index >= 15 is 0 Å². The normalized spacial score (nSPS) is 14.2. The molecule has 55 heavy (non-hydrogen) atoms. The van der Waals surface area contributed by atoms with Crippen LogP contribution in [0.5, 0.6) is 0 Å². The quantitative estimate of drug-likeness (QED) is 0.0490. The number of pyridine rings is 1. The zero-order chi connectivity index (χ0) is 39.2. The SMILES string of the molecule is CC(C)c1nc2c(c(-c3ccc(F)cc3)c1COCO[PH](=O)C[C@H](CC(=O)O)O[Si](c1ccccc1)(c1ccccc1)C(C)(C)C)CCCc1ccccc1-2. The van der Waals surface area contributed by atoms with E-state index in [0.29, 0.717) is 0 Å². The number of carboxylic acids is 1. The zero-order valence-electron chi connectivity index (χ0n) is 32.3. The number of carboxylic acid groups (broad SMARTS) is 1. The van der Waals surface area contributed by atoms with E-state index in [1.54, 1.807) is 12.1 Å². The molecule has 1 unspecified atom stereocenters. The van der Waals surface area contributed by atoms with E-state index in [1.807, 2.05) is 66.7 Å². The summed E-state index contributed by atoms with van der Waals surface area (Å²) in [4.78, 5) is 17.5. The van der Waals surface area contributed by atoms with Gasteiger partial charge in [0.1, 0.15) is 5.82 Å². The lowest BCUT2D eigenvalue weighted by molar-refractivity contribution is -0.138. The first-order chi connectivity index (χ1) is 26.4. The van der Waals surface area contributed by atoms with Crippen molar-refractivity contribution in [3.63, 3.8) is 0 Å². The van der Waals surface area contributed by atoms with Gasteiger partial charge >= 0.3 is 5.97 Å². The van der Waals surface area contributed by atoms with Gasteiger partial charge in [-0.1, -0.05) is 132 Å². The number of hydrogen-bond acceptors (Lipinski definition) is 6. The number of nitrogens with zero attached hydrogens (tertiary/aromatic N) is 1. The van der Waals surface area contributed by atoms with Gasteiger partial charge in [-0.15, -0.1) is 0 Å². The van der Waals surface area contributed by atoms with Crippen LogP contribution in [0.3, 0.4) is 0 Å². The predicted molar refractivity (Wildman–Crippen MR) is 221 cm³/mol. The molecule has 0 saturated heterocycles. The molecule has 0 saturated carbocycles. The van der Waals surface area contributed by atoms with Gasteiger partial charge < -0.3 is 18.8 Å². The molecule has 0 amide bonds. The lowest BCUT2D eigenvalue weighted by Gasteiger charge is -2.45. The van der Waals surface area contributed by atoms with Gasteiger partial charge in [-0.2, -0.15) is 0 Å². The minimum atomic E-state index is -3.13. The van der Waals surface area contributed by atoms with E-state index in [0.717, 1.165) is 68.8 Å². The first-order valence-electron chi connectivity index (χ1n) is 19.0. The Hall–Kier alpha value is -4.24. The molecule has 1 aliphatic carbocycles. The molecule has 2 atom stereocenters. The van der Waals surface area contributed by atoms with Crippen LogP contribution in [0.4, 0.5) is 4.39 Å². The summed E-state index contributed by atoms with van der Waals surface area (Å²) >= 11 is 0. The van der Waals surface area contributed by atoms with E-state index < -0.39 is 33.5 Å². The van der Waals surface area contributed by atoms with Crippen molar-refractivity contribution in [2.24, 2.45) is 0 Å². The molecular formula is C45H51FNO6PSi. The van der Waals surface area contributed by atoms with Crippen LogP contribution in [0.1, 0.15) is 75.8 Å². The van der Waals surface area contributed by atoms with E-state index in [9.17, 15) is 18.9 Å². The number of fused-ring (bicyclic) bond motifs is 3. The van der Waals surface area contributed by atoms with Gasteiger partial charge in [-0.05, 0) is 75.0 Å². The van der Waals surface area contributed by atoms with Crippen molar-refractivity contribution >= 4 is 32.7 Å². The molecular weight excluding hydrogens is 729 g/mol. The van der Waals surface area contributed by atoms with Crippen molar-refractivity contribution in [2.75, 3.05) is 13.0 Å². The summed E-state index contributed by atoms with van der Waals surface area (Å²) in [7, 11) is -5.94. The van der Waals surface area contributed by atoms with Crippen molar-refractivity contribution in [3.8, 4) is 22.4 Å². The summed E-state index contributed by atoms with van der Waals surface area (Å²) in [5.41, 5.74) is 8.06. The Bertz CT molecular complexity index is 2070. The van der Waals surface area contributed by atoms with Crippen LogP contribution < -0.4 is 10.4 Å². The molecule has 5 aromatic rings. The topological polar surface area (TPSA) is 95.0 Å². The van der Waals surface area contributed by atoms with Crippen molar-refractivity contribution in [1.29, 1.82) is 0 Å². The summed E-state index contributed by atoms with van der Waals surface area (Å²) < 4.78 is 46.9. The highest BCUT2D eigenvalue weighted by molar-refractivity contribution is 7.39. The second kappa shape index (κ2) is 17.7. The molecule has 0 radical (unpaired) electrons. The molecule has 0 spiro atoms. The number of aromatic nitrogens is 1. The van der Waals surface area contributed by atoms with Crippen LogP contribution in [-0.2, 0) is 42.5 Å². The monoisotopic (exact) mass is 779 g/mol. The Morgan fingerprint density at radius 1 is 0.891 bits per heavy atom. The molecule has 0 bridgehead atoms. The van der Waals surface area contributed by atoms with Gasteiger partial charge in [0.05, 0.1) is 24.8 Å². The smallest absolute Gasteiger partial charge is 0.305 e. The van der Waals surface area contributed by atoms with Gasteiger partial charge in [0.2, 0.25) is 0 Å². The van der Waals surface area contributed by atoms with Gasteiger partial charge in [-0.3, -0.25) is 14.3 Å². The Balaban J connectivity index is 1.26. The van der Waals surface area contributed by atoms with Gasteiger partial charge in [0.15, 0.2) is 14.8 Å². The molecule has 6 rings (SSSR count). The van der Waals surface area contributed by atoms with Crippen LogP contribution >= 0.6 is 8.03 Å². The molecule has 1 aromatic heterocycles. The van der Waals surface area contributed by atoms with E-state index in [1.165, 1.54) is 17.7 Å². The molecule has 288 valence electrons. The highest BCUT2D eigenvalue weighted by Gasteiger charge is 2.51. The third-order valence-corrected chi connectivity index (χ3v) is 16.7. The standard InChI is InChI=1S/C45H51FNO6PSi/c1-31(2)43-40(42(33-23-25-34(46)26-24-33)39-22-14-16-32-15-12-13-21-38(32)44(39)47-43)28-51-30-52-54(50)29-35(27-41(48)49)53-55(45(3,4)5,36-17-8-6-9-18-36)37-19-10-7-11-20-37/h6-13,15,17-21,23-26,31,35,54H,14,16,22,27-30H2,1-5H3,(H,48,49)/t35-/m0/s1. The predicted octanol–water partition coefficient (Wildman–Crippen LogP) is 9.55. The molecule has 7 nitrogen and oxygen atoms in total. The lowest BCUT2D eigenvalue weighted by atomic mass is 9.87. The van der Waals surface area contributed by atoms with Gasteiger partial charge in [-0.25, -0.2) is 4.39 Å². The number of hydrogen-bond donors (Lipinski definition) is 1. The Kier molecular flexibility index (Phi) is 13.0. The third kappa shape index (κ3) is 9.09. The maximum Gasteiger partial charge on any atom is 0.305 e. The zero-order valence-corrected chi connectivity index (χ0v) is 34.3. The number of aliphatic carboxylic acids is 1. The van der Waals surface area contributed by atoms with Crippen molar-refractivity contribution in [1.82, 2.24) is 4.98 Å². The summed E-state index contributed by atoms with van der Waals surface area (Å²) in [6.45, 7) is 10.4. The Labute approximate surface area is 325 Å². The summed E-state index contributed by atoms with van der Waals surface area (Å²) in [5, 5.41) is 11.6. The average molecular weight is 780 g/mol. The van der Waals surface area contributed by atoms with Crippen LogP contribution in [-0.4, -0.2) is 43.4 Å². The minimum absolute atomic E-state index is 0.0500. The minimum Gasteiger partial charge on any atom is -0.481 e. The first kappa shape index (κ1) is 40.4. The second-order valence-corrected chi connectivity index (χ2v) is 21.2. The fourth-order valence-electron chi connectivity index (χ4n) is 7.95. The van der Waals surface area contributed by atoms with Crippen molar-refractivity contribution in [2.45, 2.75) is 84.0 Å².